The SMILES string of the molecule is COc1ccc(C23CC/C(=N\NC(=O)Nc4ccc(S(C)(=O)=O)cc4)CC2N(C)CC3)cc1OC.[HH].[HH]. The molecule has 35 heavy (non-hydrogen) atoms. The molecule has 0 radical (unpaired) electrons. The Labute approximate surface area is 209 Å². The number of methoxy groups -OCH3 is 2. The van der Waals surface area contributed by atoms with Crippen molar-refractivity contribution in [1.29, 1.82) is 0 Å². The Balaban J connectivity index is 0.00000241. The van der Waals surface area contributed by atoms with Gasteiger partial charge >= 0.3 is 6.03 Å². The molecule has 192 valence electrons. The fourth-order valence-electron chi connectivity index (χ4n) is 5.26. The number of hydrogen-bond acceptors (Lipinski definition) is 7. The third-order valence-corrected chi connectivity index (χ3v) is 8.31. The van der Waals surface area contributed by atoms with Crippen molar-refractivity contribution in [2.75, 3.05) is 39.4 Å². The van der Waals surface area contributed by atoms with Crippen LogP contribution in [0.25, 0.3) is 0 Å². The van der Waals surface area contributed by atoms with Crippen molar-refractivity contribution >= 4 is 27.3 Å². The van der Waals surface area contributed by atoms with E-state index in [0.29, 0.717) is 5.69 Å². The quantitative estimate of drug-likeness (QED) is 0.578. The molecule has 2 amide bonds. The molecular weight excluding hydrogens is 468 g/mol. The van der Waals surface area contributed by atoms with Gasteiger partial charge in [-0.1, -0.05) is 6.07 Å². The maximum Gasteiger partial charge on any atom is 0.339 e. The number of hydrogen-bond donors (Lipinski definition) is 2. The summed E-state index contributed by atoms with van der Waals surface area (Å²) in [6.45, 7) is 0.990. The first-order valence-electron chi connectivity index (χ1n) is 11.5. The molecule has 0 spiro atoms. The second-order valence-electron chi connectivity index (χ2n) is 9.22. The highest BCUT2D eigenvalue weighted by Crippen LogP contribution is 2.49. The first-order valence-corrected chi connectivity index (χ1v) is 13.4. The summed E-state index contributed by atoms with van der Waals surface area (Å²) in [6, 6.07) is 12.0. The molecule has 2 N–H and O–H groups in total. The third-order valence-electron chi connectivity index (χ3n) is 7.18. The van der Waals surface area contributed by atoms with Crippen molar-refractivity contribution < 1.29 is 25.5 Å². The maximum absolute atomic E-state index is 12.4. The van der Waals surface area contributed by atoms with Gasteiger partial charge in [-0.25, -0.2) is 18.6 Å². The molecule has 10 heteroatoms. The van der Waals surface area contributed by atoms with Gasteiger partial charge in [-0.3, -0.25) is 0 Å². The average Bonchev–Trinajstić information content (AvgIpc) is 3.19. The van der Waals surface area contributed by atoms with E-state index in [0.717, 1.165) is 55.7 Å². The van der Waals surface area contributed by atoms with E-state index < -0.39 is 15.9 Å². The third kappa shape index (κ3) is 5.13. The van der Waals surface area contributed by atoms with Crippen molar-refractivity contribution in [3.8, 4) is 11.5 Å². The number of amides is 2. The molecule has 9 nitrogen and oxygen atoms in total. The number of anilines is 1. The summed E-state index contributed by atoms with van der Waals surface area (Å²) in [6.07, 6.45) is 4.65. The number of likely N-dealkylation sites (tertiary alicyclic amines) is 1. The van der Waals surface area contributed by atoms with E-state index in [4.69, 9.17) is 9.47 Å². The van der Waals surface area contributed by atoms with Crippen LogP contribution in [0.3, 0.4) is 0 Å². The largest absolute Gasteiger partial charge is 0.493 e. The number of ether oxygens (including phenoxy) is 2. The molecule has 1 aliphatic heterocycles. The van der Waals surface area contributed by atoms with Gasteiger partial charge in [0.1, 0.15) is 0 Å². The number of likely N-dealkylation sites (N-methyl/N-ethyl adjacent to an activating group) is 1. The molecule has 2 unspecified atom stereocenters. The van der Waals surface area contributed by atoms with Crippen LogP contribution in [0.5, 0.6) is 11.5 Å². The molecule has 2 atom stereocenters. The first-order chi connectivity index (χ1) is 16.7. The lowest BCUT2D eigenvalue weighted by Gasteiger charge is -2.42. The lowest BCUT2D eigenvalue weighted by atomic mass is 9.65. The van der Waals surface area contributed by atoms with E-state index in [1.165, 1.54) is 17.7 Å². The highest BCUT2D eigenvalue weighted by atomic mass is 32.2. The summed E-state index contributed by atoms with van der Waals surface area (Å²) in [4.78, 5) is 14.9. The van der Waals surface area contributed by atoms with Gasteiger partial charge in [0.2, 0.25) is 0 Å². The summed E-state index contributed by atoms with van der Waals surface area (Å²) >= 11 is 0. The zero-order valence-electron chi connectivity index (χ0n) is 20.5. The second kappa shape index (κ2) is 9.87. The highest BCUT2D eigenvalue weighted by molar-refractivity contribution is 7.90. The van der Waals surface area contributed by atoms with Crippen molar-refractivity contribution in [3.63, 3.8) is 0 Å². The number of benzene rings is 2. The number of nitrogens with one attached hydrogen (secondary N) is 2. The molecule has 0 aromatic heterocycles. The molecule has 4 rings (SSSR count). The smallest absolute Gasteiger partial charge is 0.339 e. The highest BCUT2D eigenvalue weighted by Gasteiger charge is 2.49. The van der Waals surface area contributed by atoms with E-state index in [-0.39, 0.29) is 19.2 Å². The Kier molecular flexibility index (Phi) is 7.05. The number of rotatable bonds is 6. The molecule has 0 bridgehead atoms. The van der Waals surface area contributed by atoms with Gasteiger partial charge in [-0.15, -0.1) is 0 Å². The molecular formula is C25H36N4O5S. The van der Waals surface area contributed by atoms with Crippen molar-refractivity contribution in [1.82, 2.24) is 10.3 Å². The standard InChI is InChI=1S/C25H32N4O5S.2H2/c1-29-14-13-25(17-5-10-21(33-2)22(15-17)34-3)12-11-19(16-23(25)29)27-28-24(30)26-18-6-8-20(9-7-18)35(4,31)32;;/h5-10,15,23H,11-14,16H2,1-4H3,(H2,26,28,30);2*1H/b27-19+;;. The van der Waals surface area contributed by atoms with Crippen LogP contribution < -0.4 is 20.2 Å². The Bertz CT molecular complexity index is 1240. The van der Waals surface area contributed by atoms with Crippen LogP contribution in [0.1, 0.15) is 34.1 Å². The minimum absolute atomic E-state index is 0. The monoisotopic (exact) mass is 504 g/mol. The summed E-state index contributed by atoms with van der Waals surface area (Å²) in [5.74, 6) is 1.45. The Hall–Kier alpha value is -3.11. The van der Waals surface area contributed by atoms with Crippen LogP contribution >= 0.6 is 0 Å². The molecule has 2 fully saturated rings. The number of sulfone groups is 1. The number of hydrazone groups is 1. The van der Waals surface area contributed by atoms with Gasteiger partial charge in [0.25, 0.3) is 0 Å². The van der Waals surface area contributed by atoms with Gasteiger partial charge < -0.3 is 19.7 Å². The lowest BCUT2D eigenvalue weighted by molar-refractivity contribution is 0.225. The molecule has 2 aliphatic rings. The second-order valence-corrected chi connectivity index (χ2v) is 11.2. The topological polar surface area (TPSA) is 109 Å². The molecule has 1 saturated carbocycles. The normalized spacial score (nSPS) is 23.5. The van der Waals surface area contributed by atoms with Crippen molar-refractivity contribution in [3.05, 3.63) is 48.0 Å². The van der Waals surface area contributed by atoms with E-state index >= 15 is 0 Å². The van der Waals surface area contributed by atoms with Gasteiger partial charge in [-0.05, 0) is 74.8 Å². The van der Waals surface area contributed by atoms with Gasteiger partial charge in [-0.2, -0.15) is 5.10 Å². The van der Waals surface area contributed by atoms with Crippen LogP contribution in [0, 0.1) is 0 Å². The Morgan fingerprint density at radius 1 is 1.11 bits per heavy atom. The minimum Gasteiger partial charge on any atom is -0.493 e. The molecule has 2 aromatic rings. The number of carbonyl (C=O) groups excluding carboxylic acids is 1. The van der Waals surface area contributed by atoms with Crippen molar-refractivity contribution in [2.45, 2.75) is 42.0 Å². The van der Waals surface area contributed by atoms with Crippen LogP contribution in [0.15, 0.2) is 52.5 Å². The predicted molar refractivity (Wildman–Crippen MR) is 139 cm³/mol. The Morgan fingerprint density at radius 2 is 1.83 bits per heavy atom. The summed E-state index contributed by atoms with van der Waals surface area (Å²) in [5.41, 5.74) is 5.26. The molecule has 1 aliphatic carbocycles. The lowest BCUT2D eigenvalue weighted by Crippen LogP contribution is -2.46. The van der Waals surface area contributed by atoms with E-state index in [2.05, 4.69) is 39.9 Å². The van der Waals surface area contributed by atoms with E-state index in [9.17, 15) is 13.2 Å². The van der Waals surface area contributed by atoms with Gasteiger partial charge in [0.15, 0.2) is 21.3 Å². The zero-order chi connectivity index (χ0) is 25.2. The zero-order valence-corrected chi connectivity index (χ0v) is 21.3. The first kappa shape index (κ1) is 25.0. The van der Waals surface area contributed by atoms with Gasteiger partial charge in [0, 0.05) is 38.4 Å². The average molecular weight is 505 g/mol. The molecule has 1 saturated heterocycles. The van der Waals surface area contributed by atoms with Crippen LogP contribution in [0.4, 0.5) is 10.5 Å². The number of nitrogens with zero attached hydrogens (tertiary/aromatic N) is 2. The number of urea groups is 1. The summed E-state index contributed by atoms with van der Waals surface area (Å²) < 4.78 is 34.1. The van der Waals surface area contributed by atoms with E-state index in [1.807, 2.05) is 6.07 Å². The van der Waals surface area contributed by atoms with Crippen LogP contribution in [-0.2, 0) is 15.3 Å². The molecule has 1 heterocycles. The summed E-state index contributed by atoms with van der Waals surface area (Å²) in [7, 11) is 2.14. The number of carbonyl (C=O) groups is 1. The summed E-state index contributed by atoms with van der Waals surface area (Å²) in [5, 5.41) is 7.09. The minimum atomic E-state index is -3.28. The maximum atomic E-state index is 12.4. The Morgan fingerprint density at radius 3 is 2.49 bits per heavy atom. The van der Waals surface area contributed by atoms with Gasteiger partial charge in [0.05, 0.1) is 19.1 Å². The number of fused-ring (bicyclic) bond motifs is 1. The van der Waals surface area contributed by atoms with Crippen LogP contribution in [-0.4, -0.2) is 65.2 Å². The molecule has 2 aromatic carbocycles. The van der Waals surface area contributed by atoms with E-state index in [1.54, 1.807) is 26.4 Å². The fourth-order valence-corrected chi connectivity index (χ4v) is 5.89. The fraction of sp³-hybridized carbons (Fsp3) is 0.440. The van der Waals surface area contributed by atoms with Crippen molar-refractivity contribution in [2.24, 2.45) is 5.10 Å². The predicted octanol–water partition coefficient (Wildman–Crippen LogP) is 3.90. The van der Waals surface area contributed by atoms with Crippen LogP contribution in [0.2, 0.25) is 0 Å².